The Balaban J connectivity index is 4.12. The van der Waals surface area contributed by atoms with Crippen LogP contribution >= 0.6 is 0 Å². The number of esters is 1. The molecule has 66 valence electrons. The quantitative estimate of drug-likeness (QED) is 0.623. The summed E-state index contributed by atoms with van der Waals surface area (Å²) in [5.41, 5.74) is -0.712. The number of carbonyl (C=O) groups excluding carboxylic acids is 1. The van der Waals surface area contributed by atoms with E-state index in [9.17, 15) is 4.79 Å². The highest BCUT2D eigenvalue weighted by Gasteiger charge is 2.31. The minimum Gasteiger partial charge on any atom is -0.466 e. The number of hydrogen-bond donors (Lipinski definition) is 1. The Morgan fingerprint density at radius 2 is 2.09 bits per heavy atom. The molecule has 0 radical (unpaired) electrons. The summed E-state index contributed by atoms with van der Waals surface area (Å²) in [6.07, 6.45) is 0.600. The molecule has 0 aliphatic rings. The topological polar surface area (TPSA) is 46.5 Å². The van der Waals surface area contributed by atoms with E-state index in [1.807, 2.05) is 6.92 Å². The van der Waals surface area contributed by atoms with E-state index >= 15 is 0 Å². The lowest BCUT2D eigenvalue weighted by Crippen LogP contribution is -2.32. The molecular formula is C8H16O3. The van der Waals surface area contributed by atoms with Gasteiger partial charge in [0.05, 0.1) is 18.6 Å². The zero-order valence-corrected chi connectivity index (χ0v) is 7.39. The summed E-state index contributed by atoms with van der Waals surface area (Å²) in [4.78, 5) is 11.1. The van der Waals surface area contributed by atoms with Crippen molar-refractivity contribution in [3.05, 3.63) is 0 Å². The Bertz CT molecular complexity index is 127. The van der Waals surface area contributed by atoms with Crippen LogP contribution in [0.25, 0.3) is 0 Å². The lowest BCUT2D eigenvalue weighted by molar-refractivity contribution is -0.157. The second-order valence-electron chi connectivity index (χ2n) is 2.79. The van der Waals surface area contributed by atoms with E-state index in [0.29, 0.717) is 13.0 Å². The maximum absolute atomic E-state index is 11.1. The van der Waals surface area contributed by atoms with Crippen LogP contribution in [0, 0.1) is 5.41 Å². The molecule has 1 N–H and O–H groups in total. The predicted octanol–water partition coefficient (Wildman–Crippen LogP) is 0.958. The van der Waals surface area contributed by atoms with E-state index in [1.165, 1.54) is 0 Å². The number of aliphatic hydroxyl groups excluding tert-OH is 1. The summed E-state index contributed by atoms with van der Waals surface area (Å²) >= 11 is 0. The Labute approximate surface area is 67.4 Å². The lowest BCUT2D eigenvalue weighted by Gasteiger charge is -2.22. The van der Waals surface area contributed by atoms with Crippen molar-refractivity contribution in [2.75, 3.05) is 13.2 Å². The maximum atomic E-state index is 11.1. The van der Waals surface area contributed by atoms with Gasteiger partial charge in [0, 0.05) is 0 Å². The number of hydrogen-bond acceptors (Lipinski definition) is 3. The first-order chi connectivity index (χ1) is 5.10. The third-order valence-electron chi connectivity index (χ3n) is 1.90. The molecule has 3 nitrogen and oxygen atoms in total. The van der Waals surface area contributed by atoms with Gasteiger partial charge in [-0.25, -0.2) is 0 Å². The predicted molar refractivity (Wildman–Crippen MR) is 42.1 cm³/mol. The standard InChI is InChI=1S/C8H16O3/c1-4-8(3,6-9)7(10)11-5-2/h9H,4-6H2,1-3H3/t8-/m0/s1. The van der Waals surface area contributed by atoms with Gasteiger partial charge in [0.2, 0.25) is 0 Å². The van der Waals surface area contributed by atoms with E-state index in [4.69, 9.17) is 9.84 Å². The highest BCUT2D eigenvalue weighted by atomic mass is 16.5. The molecule has 0 aliphatic carbocycles. The van der Waals surface area contributed by atoms with Gasteiger partial charge < -0.3 is 9.84 Å². The Morgan fingerprint density at radius 1 is 1.55 bits per heavy atom. The summed E-state index contributed by atoms with van der Waals surface area (Å²) < 4.78 is 4.79. The van der Waals surface area contributed by atoms with Crippen molar-refractivity contribution in [3.8, 4) is 0 Å². The fourth-order valence-corrected chi connectivity index (χ4v) is 0.626. The van der Waals surface area contributed by atoms with Crippen molar-refractivity contribution in [2.45, 2.75) is 27.2 Å². The molecule has 0 saturated carbocycles. The molecule has 0 rings (SSSR count). The van der Waals surface area contributed by atoms with Crippen molar-refractivity contribution in [3.63, 3.8) is 0 Å². The van der Waals surface area contributed by atoms with Gasteiger partial charge in [0.15, 0.2) is 0 Å². The summed E-state index contributed by atoms with van der Waals surface area (Å²) in [6, 6.07) is 0. The third kappa shape index (κ3) is 2.50. The monoisotopic (exact) mass is 160 g/mol. The van der Waals surface area contributed by atoms with Gasteiger partial charge in [-0.05, 0) is 20.3 Å². The van der Waals surface area contributed by atoms with Gasteiger partial charge in [-0.3, -0.25) is 4.79 Å². The van der Waals surface area contributed by atoms with Crippen LogP contribution in [0.15, 0.2) is 0 Å². The van der Waals surface area contributed by atoms with Crippen LogP contribution in [-0.2, 0) is 9.53 Å². The lowest BCUT2D eigenvalue weighted by atomic mass is 9.89. The number of ether oxygens (including phenoxy) is 1. The summed E-state index contributed by atoms with van der Waals surface area (Å²) in [5, 5.41) is 8.88. The minimum atomic E-state index is -0.712. The van der Waals surface area contributed by atoms with Crippen LogP contribution in [0.3, 0.4) is 0 Å². The van der Waals surface area contributed by atoms with Gasteiger partial charge >= 0.3 is 5.97 Å². The van der Waals surface area contributed by atoms with E-state index in [2.05, 4.69) is 0 Å². The Hall–Kier alpha value is -0.570. The molecule has 11 heavy (non-hydrogen) atoms. The second-order valence-corrected chi connectivity index (χ2v) is 2.79. The third-order valence-corrected chi connectivity index (χ3v) is 1.90. The first kappa shape index (κ1) is 10.4. The Kier molecular flexibility index (Phi) is 4.11. The van der Waals surface area contributed by atoms with E-state index in [-0.39, 0.29) is 12.6 Å². The maximum Gasteiger partial charge on any atom is 0.314 e. The molecule has 0 saturated heterocycles. The van der Waals surface area contributed by atoms with Crippen LogP contribution < -0.4 is 0 Å². The van der Waals surface area contributed by atoms with E-state index < -0.39 is 5.41 Å². The fraction of sp³-hybridized carbons (Fsp3) is 0.875. The van der Waals surface area contributed by atoms with Crippen molar-refractivity contribution < 1.29 is 14.6 Å². The highest BCUT2D eigenvalue weighted by molar-refractivity contribution is 5.76. The average Bonchev–Trinajstić information content (AvgIpc) is 2.03. The van der Waals surface area contributed by atoms with Gasteiger partial charge in [0.1, 0.15) is 0 Å². The Morgan fingerprint density at radius 3 is 2.36 bits per heavy atom. The normalized spacial score (nSPS) is 15.6. The SMILES string of the molecule is CCOC(=O)[C@@](C)(CC)CO. The summed E-state index contributed by atoms with van der Waals surface area (Å²) in [6.45, 7) is 5.53. The first-order valence-corrected chi connectivity index (χ1v) is 3.88. The zero-order valence-electron chi connectivity index (χ0n) is 7.39. The van der Waals surface area contributed by atoms with Crippen molar-refractivity contribution in [1.29, 1.82) is 0 Å². The average molecular weight is 160 g/mol. The number of carbonyl (C=O) groups is 1. The van der Waals surface area contributed by atoms with Gasteiger partial charge in [-0.15, -0.1) is 0 Å². The second kappa shape index (κ2) is 4.34. The van der Waals surface area contributed by atoms with Gasteiger partial charge in [-0.2, -0.15) is 0 Å². The van der Waals surface area contributed by atoms with Gasteiger partial charge in [-0.1, -0.05) is 6.92 Å². The molecule has 0 aromatic carbocycles. The summed E-state index contributed by atoms with van der Waals surface area (Å²) in [5.74, 6) is -0.315. The van der Waals surface area contributed by atoms with Crippen molar-refractivity contribution in [1.82, 2.24) is 0 Å². The molecule has 0 bridgehead atoms. The summed E-state index contributed by atoms with van der Waals surface area (Å²) in [7, 11) is 0. The molecule has 0 fully saturated rings. The van der Waals surface area contributed by atoms with Gasteiger partial charge in [0.25, 0.3) is 0 Å². The largest absolute Gasteiger partial charge is 0.466 e. The molecule has 0 aromatic heterocycles. The highest BCUT2D eigenvalue weighted by Crippen LogP contribution is 2.21. The molecule has 0 unspecified atom stereocenters. The van der Waals surface area contributed by atoms with Crippen LogP contribution in [0.4, 0.5) is 0 Å². The molecule has 0 amide bonds. The first-order valence-electron chi connectivity index (χ1n) is 3.88. The molecule has 0 heterocycles. The minimum absolute atomic E-state index is 0.150. The zero-order chi connectivity index (χ0) is 8.91. The number of aliphatic hydroxyl groups is 1. The molecule has 3 heteroatoms. The van der Waals surface area contributed by atoms with Crippen LogP contribution in [0.5, 0.6) is 0 Å². The molecule has 0 aliphatic heterocycles. The van der Waals surface area contributed by atoms with Crippen LogP contribution in [-0.4, -0.2) is 24.3 Å². The van der Waals surface area contributed by atoms with Crippen molar-refractivity contribution in [2.24, 2.45) is 5.41 Å². The molecule has 1 atom stereocenters. The molecule has 0 spiro atoms. The van der Waals surface area contributed by atoms with Crippen LogP contribution in [0.1, 0.15) is 27.2 Å². The molecule has 0 aromatic rings. The fourth-order valence-electron chi connectivity index (χ4n) is 0.626. The smallest absolute Gasteiger partial charge is 0.314 e. The molecular weight excluding hydrogens is 144 g/mol. The van der Waals surface area contributed by atoms with E-state index in [0.717, 1.165) is 0 Å². The van der Waals surface area contributed by atoms with Crippen molar-refractivity contribution >= 4 is 5.97 Å². The van der Waals surface area contributed by atoms with Crippen LogP contribution in [0.2, 0.25) is 0 Å². The number of rotatable bonds is 4. The van der Waals surface area contributed by atoms with E-state index in [1.54, 1.807) is 13.8 Å².